The minimum Gasteiger partial charge on any atom is -0.315 e. The Balaban J connectivity index is 3.08. The molecule has 2 N–H and O–H groups in total. The van der Waals surface area contributed by atoms with E-state index in [9.17, 15) is 17.6 Å². The molecule has 0 bridgehead atoms. The molecule has 78 valence electrons. The van der Waals surface area contributed by atoms with Crippen molar-refractivity contribution in [3.05, 3.63) is 28.2 Å². The van der Waals surface area contributed by atoms with Crippen molar-refractivity contribution in [3.63, 3.8) is 0 Å². The van der Waals surface area contributed by atoms with Gasteiger partial charge in [0.1, 0.15) is 17.6 Å². The summed E-state index contributed by atoms with van der Waals surface area (Å²) >= 11 is 2.87. The molecule has 1 unspecified atom stereocenters. The van der Waals surface area contributed by atoms with Gasteiger partial charge >= 0.3 is 6.18 Å². The molecule has 0 saturated heterocycles. The number of rotatable bonds is 1. The molecule has 14 heavy (non-hydrogen) atoms. The van der Waals surface area contributed by atoms with Crippen molar-refractivity contribution in [2.45, 2.75) is 12.2 Å². The first kappa shape index (κ1) is 11.4. The second-order valence-corrected chi connectivity index (χ2v) is 3.46. The Hall–Kier alpha value is -0.690. The lowest BCUT2D eigenvalue weighted by atomic mass is 10.2. The molecule has 7 heteroatoms. The van der Waals surface area contributed by atoms with Gasteiger partial charge in [-0.15, -0.1) is 0 Å². The van der Waals surface area contributed by atoms with Gasteiger partial charge in [-0.1, -0.05) is 0 Å². The molecule has 0 aliphatic carbocycles. The predicted octanol–water partition coefficient (Wildman–Crippen LogP) is 2.55. The normalized spacial score (nSPS) is 14.1. The summed E-state index contributed by atoms with van der Waals surface area (Å²) in [6.45, 7) is 0. The average Bonchev–Trinajstić information content (AvgIpc) is 2.01. The van der Waals surface area contributed by atoms with Gasteiger partial charge in [-0.3, -0.25) is 4.98 Å². The van der Waals surface area contributed by atoms with Crippen LogP contribution < -0.4 is 5.73 Å². The average molecular weight is 273 g/mol. The topological polar surface area (TPSA) is 38.9 Å². The molecule has 0 aromatic carbocycles. The fraction of sp³-hybridized carbons (Fsp3) is 0.286. The van der Waals surface area contributed by atoms with Crippen LogP contribution in [0.15, 0.2) is 16.7 Å². The van der Waals surface area contributed by atoms with Gasteiger partial charge in [0.05, 0.1) is 0 Å². The van der Waals surface area contributed by atoms with Gasteiger partial charge in [-0.05, 0) is 22.0 Å². The quantitative estimate of drug-likeness (QED) is 0.798. The van der Waals surface area contributed by atoms with Crippen LogP contribution in [0.5, 0.6) is 0 Å². The van der Waals surface area contributed by atoms with Crippen molar-refractivity contribution in [1.29, 1.82) is 0 Å². The maximum atomic E-state index is 13.0. The van der Waals surface area contributed by atoms with Gasteiger partial charge in [0.25, 0.3) is 0 Å². The largest absolute Gasteiger partial charge is 0.409 e. The summed E-state index contributed by atoms with van der Waals surface area (Å²) in [4.78, 5) is 3.28. The van der Waals surface area contributed by atoms with Gasteiger partial charge in [0.2, 0.25) is 0 Å². The van der Waals surface area contributed by atoms with Crippen LogP contribution in [-0.2, 0) is 0 Å². The van der Waals surface area contributed by atoms with Crippen LogP contribution in [0.25, 0.3) is 0 Å². The summed E-state index contributed by atoms with van der Waals surface area (Å²) < 4.78 is 49.4. The van der Waals surface area contributed by atoms with Crippen molar-refractivity contribution in [2.24, 2.45) is 5.73 Å². The van der Waals surface area contributed by atoms with Crippen LogP contribution in [0.2, 0.25) is 0 Å². The summed E-state index contributed by atoms with van der Waals surface area (Å²) in [6.07, 6.45) is -3.63. The molecule has 1 aromatic rings. The van der Waals surface area contributed by atoms with E-state index in [1.54, 1.807) is 0 Å². The van der Waals surface area contributed by atoms with E-state index >= 15 is 0 Å². The molecule has 0 fully saturated rings. The van der Waals surface area contributed by atoms with E-state index in [2.05, 4.69) is 20.9 Å². The maximum absolute atomic E-state index is 13.0. The van der Waals surface area contributed by atoms with Crippen LogP contribution in [0.3, 0.4) is 0 Å². The molecule has 0 aliphatic heterocycles. The van der Waals surface area contributed by atoms with E-state index in [1.807, 2.05) is 0 Å². The Morgan fingerprint density at radius 3 is 2.43 bits per heavy atom. The molecule has 1 aromatic heterocycles. The number of hydrogen-bond donors (Lipinski definition) is 1. The molecule has 0 spiro atoms. The van der Waals surface area contributed by atoms with Crippen LogP contribution >= 0.6 is 15.9 Å². The molecule has 0 saturated carbocycles. The molecular weight excluding hydrogens is 268 g/mol. The maximum Gasteiger partial charge on any atom is 0.409 e. The van der Waals surface area contributed by atoms with Gasteiger partial charge in [0, 0.05) is 10.7 Å². The zero-order valence-corrected chi connectivity index (χ0v) is 8.23. The van der Waals surface area contributed by atoms with E-state index in [0.717, 1.165) is 12.3 Å². The first-order valence-corrected chi connectivity index (χ1v) is 4.25. The smallest absolute Gasteiger partial charge is 0.315 e. The van der Waals surface area contributed by atoms with Gasteiger partial charge in [-0.25, -0.2) is 4.39 Å². The number of aromatic nitrogens is 1. The second-order valence-electron chi connectivity index (χ2n) is 2.54. The highest BCUT2D eigenvalue weighted by Crippen LogP contribution is 2.31. The number of nitrogens with zero attached hydrogens (tertiary/aromatic N) is 1. The minimum absolute atomic E-state index is 0.258. The Kier molecular flexibility index (Phi) is 3.10. The van der Waals surface area contributed by atoms with E-state index in [1.165, 1.54) is 0 Å². The van der Waals surface area contributed by atoms with Crippen molar-refractivity contribution >= 4 is 15.9 Å². The fourth-order valence-corrected chi connectivity index (χ4v) is 1.11. The minimum atomic E-state index is -4.69. The van der Waals surface area contributed by atoms with E-state index in [-0.39, 0.29) is 4.47 Å². The fourth-order valence-electron chi connectivity index (χ4n) is 0.809. The van der Waals surface area contributed by atoms with Crippen molar-refractivity contribution in [3.8, 4) is 0 Å². The van der Waals surface area contributed by atoms with Gasteiger partial charge in [-0.2, -0.15) is 13.2 Å². The SMILES string of the molecule is NC(c1ncc(Br)cc1F)C(F)(F)F. The highest BCUT2D eigenvalue weighted by Gasteiger charge is 2.40. The van der Waals surface area contributed by atoms with Gasteiger partial charge < -0.3 is 5.73 Å². The number of halogens is 5. The highest BCUT2D eigenvalue weighted by molar-refractivity contribution is 9.10. The first-order valence-electron chi connectivity index (χ1n) is 3.45. The lowest BCUT2D eigenvalue weighted by Crippen LogP contribution is -2.30. The van der Waals surface area contributed by atoms with Gasteiger partial charge in [0.15, 0.2) is 0 Å². The predicted molar refractivity (Wildman–Crippen MR) is 44.9 cm³/mol. The van der Waals surface area contributed by atoms with Crippen molar-refractivity contribution in [2.75, 3.05) is 0 Å². The number of hydrogen-bond acceptors (Lipinski definition) is 2. The van der Waals surface area contributed by atoms with E-state index in [0.29, 0.717) is 0 Å². The first-order chi connectivity index (χ1) is 6.32. The third-order valence-electron chi connectivity index (χ3n) is 1.48. The Labute approximate surface area is 85.3 Å². The van der Waals surface area contributed by atoms with Crippen LogP contribution in [0.4, 0.5) is 17.6 Å². The molecule has 0 amide bonds. The zero-order chi connectivity index (χ0) is 10.9. The summed E-state index contributed by atoms with van der Waals surface area (Å²) in [6, 6.07) is -1.51. The summed E-state index contributed by atoms with van der Waals surface area (Å²) in [5.74, 6) is -1.08. The van der Waals surface area contributed by atoms with E-state index in [4.69, 9.17) is 5.73 Å². The number of pyridine rings is 1. The monoisotopic (exact) mass is 272 g/mol. The number of nitrogens with two attached hydrogens (primary N) is 1. The summed E-state index contributed by atoms with van der Waals surface area (Å²) in [5.41, 5.74) is 3.98. The van der Waals surface area contributed by atoms with E-state index < -0.39 is 23.7 Å². The molecule has 0 aliphatic rings. The zero-order valence-electron chi connectivity index (χ0n) is 6.65. The van der Waals surface area contributed by atoms with Crippen molar-refractivity contribution < 1.29 is 17.6 Å². The highest BCUT2D eigenvalue weighted by atomic mass is 79.9. The number of alkyl halides is 3. The molecule has 1 atom stereocenters. The summed E-state index contributed by atoms with van der Waals surface area (Å²) in [5, 5.41) is 0. The molecule has 2 nitrogen and oxygen atoms in total. The Morgan fingerprint density at radius 2 is 2.00 bits per heavy atom. The van der Waals surface area contributed by atoms with Crippen LogP contribution in [-0.4, -0.2) is 11.2 Å². The lowest BCUT2D eigenvalue weighted by Gasteiger charge is -2.15. The van der Waals surface area contributed by atoms with Crippen molar-refractivity contribution in [1.82, 2.24) is 4.98 Å². The lowest BCUT2D eigenvalue weighted by molar-refractivity contribution is -0.150. The third kappa shape index (κ3) is 2.42. The molecule has 1 heterocycles. The van der Waals surface area contributed by atoms with Crippen LogP contribution in [0.1, 0.15) is 11.7 Å². The Morgan fingerprint density at radius 1 is 1.43 bits per heavy atom. The van der Waals surface area contributed by atoms with Crippen LogP contribution in [0, 0.1) is 5.82 Å². The molecular formula is C7H5BrF4N2. The third-order valence-corrected chi connectivity index (χ3v) is 1.92. The second kappa shape index (κ2) is 3.82. The molecule has 0 radical (unpaired) electrons. The Bertz CT molecular complexity index is 339. The summed E-state index contributed by atoms with van der Waals surface area (Å²) in [7, 11) is 0. The standard InChI is InChI=1S/C7H5BrF4N2/c8-3-1-4(9)5(14-2-3)6(13)7(10,11)12/h1-2,6H,13H2. The molecule has 1 rings (SSSR count).